The maximum atomic E-state index is 13.8. The van der Waals surface area contributed by atoms with Gasteiger partial charge < -0.3 is 5.32 Å². The van der Waals surface area contributed by atoms with Crippen LogP contribution in [0.5, 0.6) is 0 Å². The Kier molecular flexibility index (Phi) is 10.4. The Morgan fingerprint density at radius 1 is 0.947 bits per heavy atom. The lowest BCUT2D eigenvalue weighted by molar-refractivity contribution is 0.243. The first-order chi connectivity index (χ1) is 9.34. The van der Waals surface area contributed by atoms with Crippen molar-refractivity contribution < 1.29 is 4.39 Å². The minimum atomic E-state index is -0.600. The number of hydrogen-bond donors (Lipinski definition) is 1. The summed E-state index contributed by atoms with van der Waals surface area (Å²) in [5, 5.41) is 3.27. The van der Waals surface area contributed by atoms with Gasteiger partial charge >= 0.3 is 0 Å². The maximum Gasteiger partial charge on any atom is 0.115 e. The molecule has 2 atom stereocenters. The third kappa shape index (κ3) is 8.62. The molecule has 1 fully saturated rings. The van der Waals surface area contributed by atoms with Crippen molar-refractivity contribution in [1.29, 1.82) is 0 Å². The zero-order valence-electron chi connectivity index (χ0n) is 12.9. The summed E-state index contributed by atoms with van der Waals surface area (Å²) in [6.45, 7) is 3.28. The highest BCUT2D eigenvalue weighted by Gasteiger charge is 2.23. The second-order valence-corrected chi connectivity index (χ2v) is 6.19. The molecule has 0 saturated carbocycles. The van der Waals surface area contributed by atoms with Crippen LogP contribution in [-0.2, 0) is 0 Å². The fraction of sp³-hybridized carbons (Fsp3) is 1.00. The number of halogens is 1. The molecule has 1 aliphatic heterocycles. The van der Waals surface area contributed by atoms with Gasteiger partial charge in [0.05, 0.1) is 0 Å². The molecular weight excluding hydrogens is 237 g/mol. The van der Waals surface area contributed by atoms with Gasteiger partial charge in [0.25, 0.3) is 0 Å². The van der Waals surface area contributed by atoms with Crippen molar-refractivity contribution in [2.45, 2.75) is 103 Å². The zero-order valence-corrected chi connectivity index (χ0v) is 12.9. The van der Waals surface area contributed by atoms with Gasteiger partial charge in [-0.2, -0.15) is 0 Å². The monoisotopic (exact) mass is 271 g/mol. The van der Waals surface area contributed by atoms with Crippen molar-refractivity contribution in [1.82, 2.24) is 5.32 Å². The predicted octanol–water partition coefficient (Wildman–Crippen LogP) is 5.39. The minimum Gasteiger partial charge on any atom is -0.311 e. The molecule has 0 amide bonds. The fourth-order valence-electron chi connectivity index (χ4n) is 3.05. The second-order valence-electron chi connectivity index (χ2n) is 6.19. The van der Waals surface area contributed by atoms with E-state index in [1.54, 1.807) is 0 Å². The Hall–Kier alpha value is -0.110. The van der Waals surface area contributed by atoms with E-state index in [0.717, 1.165) is 32.2 Å². The third-order valence-electron chi connectivity index (χ3n) is 4.37. The largest absolute Gasteiger partial charge is 0.311 e. The van der Waals surface area contributed by atoms with Gasteiger partial charge in [0.2, 0.25) is 0 Å². The molecule has 0 radical (unpaired) electrons. The van der Waals surface area contributed by atoms with Crippen molar-refractivity contribution in [2.24, 2.45) is 0 Å². The summed E-state index contributed by atoms with van der Waals surface area (Å²) in [6.07, 6.45) is 15.7. The van der Waals surface area contributed by atoms with E-state index in [4.69, 9.17) is 0 Å². The number of alkyl halides is 1. The van der Waals surface area contributed by atoms with E-state index in [9.17, 15) is 4.39 Å². The van der Waals surface area contributed by atoms with Crippen molar-refractivity contribution in [3.8, 4) is 0 Å². The number of nitrogens with one attached hydrogen (secondary N) is 1. The van der Waals surface area contributed by atoms with Crippen molar-refractivity contribution >= 4 is 0 Å². The van der Waals surface area contributed by atoms with E-state index in [1.165, 1.54) is 57.8 Å². The normalized spacial score (nSPS) is 20.8. The number of rotatable bonds is 12. The Balaban J connectivity index is 1.78. The van der Waals surface area contributed by atoms with Crippen LogP contribution in [0.4, 0.5) is 4.39 Å². The lowest BCUT2D eigenvalue weighted by Crippen LogP contribution is -2.31. The van der Waals surface area contributed by atoms with Crippen LogP contribution in [0.25, 0.3) is 0 Å². The van der Waals surface area contributed by atoms with E-state index in [0.29, 0.717) is 0 Å². The summed E-state index contributed by atoms with van der Waals surface area (Å²) in [7, 11) is 0. The van der Waals surface area contributed by atoms with Crippen LogP contribution in [-0.4, -0.2) is 18.8 Å². The van der Waals surface area contributed by atoms with Gasteiger partial charge in [0.1, 0.15) is 6.17 Å². The van der Waals surface area contributed by atoms with Crippen molar-refractivity contribution in [2.75, 3.05) is 6.54 Å². The number of hydrogen-bond acceptors (Lipinski definition) is 1. The Morgan fingerprint density at radius 3 is 2.05 bits per heavy atom. The molecule has 0 aromatic heterocycles. The minimum absolute atomic E-state index is 0.165. The molecule has 1 saturated heterocycles. The highest BCUT2D eigenvalue weighted by atomic mass is 19.1. The molecule has 1 heterocycles. The van der Waals surface area contributed by atoms with Crippen LogP contribution in [0.2, 0.25) is 0 Å². The summed E-state index contributed by atoms with van der Waals surface area (Å²) in [5.41, 5.74) is 0. The van der Waals surface area contributed by atoms with Gasteiger partial charge in [-0.3, -0.25) is 0 Å². The Bertz CT molecular complexity index is 190. The van der Waals surface area contributed by atoms with Crippen LogP contribution in [0, 0.1) is 0 Å². The first-order valence-corrected chi connectivity index (χ1v) is 8.72. The molecule has 2 unspecified atom stereocenters. The maximum absolute atomic E-state index is 13.8. The van der Waals surface area contributed by atoms with Crippen LogP contribution in [0.3, 0.4) is 0 Å². The smallest absolute Gasteiger partial charge is 0.115 e. The number of unbranched alkanes of at least 4 members (excludes halogenated alkanes) is 9. The molecule has 0 bridgehead atoms. The van der Waals surface area contributed by atoms with Gasteiger partial charge in [-0.05, 0) is 25.8 Å². The van der Waals surface area contributed by atoms with Gasteiger partial charge in [-0.15, -0.1) is 0 Å². The van der Waals surface area contributed by atoms with Crippen LogP contribution in [0.1, 0.15) is 90.4 Å². The lowest BCUT2D eigenvalue weighted by atomic mass is 10.0. The molecule has 114 valence electrons. The quantitative estimate of drug-likeness (QED) is 0.469. The molecule has 0 aromatic carbocycles. The average molecular weight is 271 g/mol. The highest BCUT2D eigenvalue weighted by molar-refractivity contribution is 4.81. The standard InChI is InChI=1S/C17H34FN/c1-2-3-4-5-6-7-8-9-10-11-13-16(18)17-14-12-15-19-17/h16-17,19H,2-15H2,1H3. The van der Waals surface area contributed by atoms with Crippen molar-refractivity contribution in [3.05, 3.63) is 0 Å². The molecule has 19 heavy (non-hydrogen) atoms. The fourth-order valence-corrected chi connectivity index (χ4v) is 3.05. The molecule has 1 rings (SSSR count). The molecule has 2 heteroatoms. The van der Waals surface area contributed by atoms with E-state index < -0.39 is 6.17 Å². The lowest BCUT2D eigenvalue weighted by Gasteiger charge is -2.15. The van der Waals surface area contributed by atoms with E-state index >= 15 is 0 Å². The first-order valence-electron chi connectivity index (χ1n) is 8.72. The molecule has 0 spiro atoms. The van der Waals surface area contributed by atoms with E-state index in [-0.39, 0.29) is 6.04 Å². The summed E-state index contributed by atoms with van der Waals surface area (Å²) in [6, 6.07) is 0.165. The molecule has 1 nitrogen and oxygen atoms in total. The van der Waals surface area contributed by atoms with Crippen LogP contribution in [0.15, 0.2) is 0 Å². The zero-order chi connectivity index (χ0) is 13.8. The van der Waals surface area contributed by atoms with E-state index in [2.05, 4.69) is 12.2 Å². The summed E-state index contributed by atoms with van der Waals surface area (Å²) in [4.78, 5) is 0. The summed E-state index contributed by atoms with van der Waals surface area (Å²) < 4.78 is 13.8. The summed E-state index contributed by atoms with van der Waals surface area (Å²) in [5.74, 6) is 0. The molecule has 1 N–H and O–H groups in total. The second kappa shape index (κ2) is 11.7. The average Bonchev–Trinajstić information content (AvgIpc) is 2.95. The first kappa shape index (κ1) is 16.9. The molecule has 0 aliphatic carbocycles. The molecule has 0 aromatic rings. The topological polar surface area (TPSA) is 12.0 Å². The van der Waals surface area contributed by atoms with Crippen LogP contribution >= 0.6 is 0 Å². The van der Waals surface area contributed by atoms with Gasteiger partial charge in [0, 0.05) is 6.04 Å². The van der Waals surface area contributed by atoms with Crippen LogP contribution < -0.4 is 5.32 Å². The molecular formula is C17H34FN. The Labute approximate surface area is 119 Å². The third-order valence-corrected chi connectivity index (χ3v) is 4.37. The molecule has 1 aliphatic rings. The van der Waals surface area contributed by atoms with Gasteiger partial charge in [-0.25, -0.2) is 4.39 Å². The Morgan fingerprint density at radius 2 is 1.53 bits per heavy atom. The SMILES string of the molecule is CCCCCCCCCCCCC(F)C1CCCN1. The van der Waals surface area contributed by atoms with Gasteiger partial charge in [-0.1, -0.05) is 71.1 Å². The predicted molar refractivity (Wildman–Crippen MR) is 82.4 cm³/mol. The van der Waals surface area contributed by atoms with Gasteiger partial charge in [0.15, 0.2) is 0 Å². The van der Waals surface area contributed by atoms with Crippen molar-refractivity contribution in [3.63, 3.8) is 0 Å². The van der Waals surface area contributed by atoms with E-state index in [1.807, 2.05) is 0 Å². The summed E-state index contributed by atoms with van der Waals surface area (Å²) >= 11 is 0. The highest BCUT2D eigenvalue weighted by Crippen LogP contribution is 2.18.